The molecule has 3 rings (SSSR count). The minimum absolute atomic E-state index is 0.214. The third-order valence-electron chi connectivity index (χ3n) is 4.74. The van der Waals surface area contributed by atoms with Crippen molar-refractivity contribution in [2.24, 2.45) is 5.92 Å². The van der Waals surface area contributed by atoms with Crippen molar-refractivity contribution in [2.75, 3.05) is 51.4 Å². The van der Waals surface area contributed by atoms with Crippen molar-refractivity contribution >= 4 is 11.8 Å². The molecular formula is C17H26N4O3. The van der Waals surface area contributed by atoms with Crippen molar-refractivity contribution in [3.8, 4) is 0 Å². The average Bonchev–Trinajstić information content (AvgIpc) is 3.12. The predicted octanol–water partition coefficient (Wildman–Crippen LogP) is 1.25. The molecule has 0 bridgehead atoms. The number of carbonyl (C=O) groups excluding carboxylic acids is 1. The van der Waals surface area contributed by atoms with Crippen LogP contribution in [0.3, 0.4) is 0 Å². The molecule has 0 radical (unpaired) electrons. The molecule has 2 aliphatic heterocycles. The van der Waals surface area contributed by atoms with Gasteiger partial charge >= 0.3 is 6.03 Å². The van der Waals surface area contributed by atoms with Crippen LogP contribution in [-0.4, -0.2) is 68.0 Å². The monoisotopic (exact) mass is 334 g/mol. The van der Waals surface area contributed by atoms with Gasteiger partial charge in [-0.15, -0.1) is 0 Å². The van der Waals surface area contributed by atoms with Gasteiger partial charge in [-0.1, -0.05) is 6.07 Å². The van der Waals surface area contributed by atoms with Crippen molar-refractivity contribution in [1.82, 2.24) is 15.2 Å². The molecule has 1 aromatic rings. The lowest BCUT2D eigenvalue weighted by Crippen LogP contribution is -2.52. The number of aromatic nitrogens is 1. The number of carbonyl (C=O) groups is 1. The number of hydrogen-bond acceptors (Lipinski definition) is 5. The highest BCUT2D eigenvalue weighted by Gasteiger charge is 2.31. The standard InChI is InChI=1S/C17H26N4O3/c1-13-3-2-5-18-16(13)20-17(22)19-11-15(14-4-8-24-12-14)21-6-9-23-10-7-21/h2-3,5,14-15H,4,6-12H2,1H3,(H2,18,19,20,22). The molecule has 0 saturated carbocycles. The van der Waals surface area contributed by atoms with Gasteiger partial charge in [-0.05, 0) is 25.0 Å². The summed E-state index contributed by atoms with van der Waals surface area (Å²) < 4.78 is 11.0. The molecule has 2 N–H and O–H groups in total. The number of pyridine rings is 1. The molecule has 3 heterocycles. The molecule has 7 heteroatoms. The first-order valence-electron chi connectivity index (χ1n) is 8.60. The van der Waals surface area contributed by atoms with E-state index in [-0.39, 0.29) is 12.1 Å². The van der Waals surface area contributed by atoms with Gasteiger partial charge in [-0.3, -0.25) is 10.2 Å². The Balaban J connectivity index is 1.56. The van der Waals surface area contributed by atoms with E-state index < -0.39 is 0 Å². The van der Waals surface area contributed by atoms with Crippen LogP contribution in [0, 0.1) is 12.8 Å². The second-order valence-electron chi connectivity index (χ2n) is 6.34. The van der Waals surface area contributed by atoms with Crippen molar-refractivity contribution in [3.63, 3.8) is 0 Å². The second kappa shape index (κ2) is 8.41. The Hall–Kier alpha value is -1.70. The molecule has 2 amide bonds. The topological polar surface area (TPSA) is 75.7 Å². The van der Waals surface area contributed by atoms with Crippen LogP contribution in [0.4, 0.5) is 10.6 Å². The van der Waals surface area contributed by atoms with E-state index in [1.54, 1.807) is 6.20 Å². The molecule has 2 saturated heterocycles. The maximum absolute atomic E-state index is 12.2. The summed E-state index contributed by atoms with van der Waals surface area (Å²) in [5.41, 5.74) is 0.946. The fourth-order valence-electron chi connectivity index (χ4n) is 3.32. The summed E-state index contributed by atoms with van der Waals surface area (Å²) in [4.78, 5) is 18.8. The molecule has 1 aromatic heterocycles. The van der Waals surface area contributed by atoms with Crippen molar-refractivity contribution in [2.45, 2.75) is 19.4 Å². The number of urea groups is 1. The number of nitrogens with one attached hydrogen (secondary N) is 2. The average molecular weight is 334 g/mol. The van der Waals surface area contributed by atoms with Crippen LogP contribution in [-0.2, 0) is 9.47 Å². The molecule has 2 fully saturated rings. The number of aryl methyl sites for hydroxylation is 1. The van der Waals surface area contributed by atoms with Crippen LogP contribution < -0.4 is 10.6 Å². The fourth-order valence-corrected chi connectivity index (χ4v) is 3.32. The van der Waals surface area contributed by atoms with Gasteiger partial charge < -0.3 is 14.8 Å². The summed E-state index contributed by atoms with van der Waals surface area (Å²) in [7, 11) is 0. The first-order valence-corrected chi connectivity index (χ1v) is 8.60. The highest BCUT2D eigenvalue weighted by molar-refractivity contribution is 5.88. The number of amides is 2. The van der Waals surface area contributed by atoms with Gasteiger partial charge in [0.2, 0.25) is 0 Å². The van der Waals surface area contributed by atoms with E-state index in [1.165, 1.54) is 0 Å². The second-order valence-corrected chi connectivity index (χ2v) is 6.34. The summed E-state index contributed by atoms with van der Waals surface area (Å²) in [6.07, 6.45) is 2.72. The van der Waals surface area contributed by atoms with Gasteiger partial charge in [0.05, 0.1) is 19.8 Å². The molecule has 0 aliphatic carbocycles. The smallest absolute Gasteiger partial charge is 0.320 e. The van der Waals surface area contributed by atoms with E-state index >= 15 is 0 Å². The molecular weight excluding hydrogens is 308 g/mol. The molecule has 2 aliphatic rings. The third kappa shape index (κ3) is 4.43. The van der Waals surface area contributed by atoms with Crippen LogP contribution in [0.1, 0.15) is 12.0 Å². The Morgan fingerprint density at radius 2 is 2.21 bits per heavy atom. The largest absolute Gasteiger partial charge is 0.381 e. The number of ether oxygens (including phenoxy) is 2. The van der Waals surface area contributed by atoms with E-state index in [9.17, 15) is 4.79 Å². The zero-order chi connectivity index (χ0) is 16.8. The van der Waals surface area contributed by atoms with Crippen LogP contribution in [0.15, 0.2) is 18.3 Å². The Bertz CT molecular complexity index is 542. The Labute approximate surface area is 142 Å². The van der Waals surface area contributed by atoms with Gasteiger partial charge in [0.15, 0.2) is 0 Å². The minimum Gasteiger partial charge on any atom is -0.381 e. The van der Waals surface area contributed by atoms with E-state index in [1.807, 2.05) is 19.1 Å². The van der Waals surface area contributed by atoms with Crippen molar-refractivity contribution < 1.29 is 14.3 Å². The summed E-state index contributed by atoms with van der Waals surface area (Å²) in [6, 6.07) is 3.85. The Morgan fingerprint density at radius 1 is 1.38 bits per heavy atom. The number of morpholine rings is 1. The van der Waals surface area contributed by atoms with E-state index in [2.05, 4.69) is 20.5 Å². The van der Waals surface area contributed by atoms with Crippen LogP contribution in [0.2, 0.25) is 0 Å². The zero-order valence-corrected chi connectivity index (χ0v) is 14.2. The first-order chi connectivity index (χ1) is 11.7. The highest BCUT2D eigenvalue weighted by Crippen LogP contribution is 2.22. The minimum atomic E-state index is -0.214. The van der Waals surface area contributed by atoms with E-state index in [0.717, 1.165) is 51.5 Å². The van der Waals surface area contributed by atoms with Gasteiger partial charge in [0, 0.05) is 44.4 Å². The Morgan fingerprint density at radius 3 is 2.92 bits per heavy atom. The van der Waals surface area contributed by atoms with Crippen molar-refractivity contribution in [1.29, 1.82) is 0 Å². The lowest BCUT2D eigenvalue weighted by Gasteiger charge is -2.37. The van der Waals surface area contributed by atoms with E-state index in [4.69, 9.17) is 9.47 Å². The van der Waals surface area contributed by atoms with Gasteiger partial charge in [-0.25, -0.2) is 9.78 Å². The van der Waals surface area contributed by atoms with Crippen LogP contribution in [0.25, 0.3) is 0 Å². The highest BCUT2D eigenvalue weighted by atomic mass is 16.5. The summed E-state index contributed by atoms with van der Waals surface area (Å²) in [6.45, 7) is 7.43. The van der Waals surface area contributed by atoms with E-state index in [0.29, 0.717) is 18.3 Å². The predicted molar refractivity (Wildman–Crippen MR) is 91.1 cm³/mol. The number of rotatable bonds is 5. The first kappa shape index (κ1) is 17.1. The number of nitrogens with zero attached hydrogens (tertiary/aromatic N) is 2. The lowest BCUT2D eigenvalue weighted by molar-refractivity contribution is 0.00222. The molecule has 132 valence electrons. The molecule has 7 nitrogen and oxygen atoms in total. The molecule has 24 heavy (non-hydrogen) atoms. The number of hydrogen-bond donors (Lipinski definition) is 2. The van der Waals surface area contributed by atoms with Crippen molar-refractivity contribution in [3.05, 3.63) is 23.9 Å². The fraction of sp³-hybridized carbons (Fsp3) is 0.647. The summed E-state index contributed by atoms with van der Waals surface area (Å²) >= 11 is 0. The zero-order valence-electron chi connectivity index (χ0n) is 14.2. The van der Waals surface area contributed by atoms with Gasteiger partial charge in [0.1, 0.15) is 5.82 Å². The summed E-state index contributed by atoms with van der Waals surface area (Å²) in [5.74, 6) is 1.06. The molecule has 2 atom stereocenters. The quantitative estimate of drug-likeness (QED) is 0.848. The van der Waals surface area contributed by atoms with Gasteiger partial charge in [-0.2, -0.15) is 0 Å². The van der Waals surface area contributed by atoms with Crippen LogP contribution >= 0.6 is 0 Å². The number of anilines is 1. The third-order valence-corrected chi connectivity index (χ3v) is 4.74. The Kier molecular flexibility index (Phi) is 6.01. The lowest BCUT2D eigenvalue weighted by atomic mass is 9.97. The maximum Gasteiger partial charge on any atom is 0.320 e. The van der Waals surface area contributed by atoms with Gasteiger partial charge in [0.25, 0.3) is 0 Å². The molecule has 0 aromatic carbocycles. The molecule has 2 unspecified atom stereocenters. The normalized spacial score (nSPS) is 23.0. The SMILES string of the molecule is Cc1cccnc1NC(=O)NCC(C1CCOC1)N1CCOCC1. The maximum atomic E-state index is 12.2. The van der Waals surface area contributed by atoms with Crippen LogP contribution in [0.5, 0.6) is 0 Å². The summed E-state index contributed by atoms with van der Waals surface area (Å²) in [5, 5.41) is 5.83. The molecule has 0 spiro atoms.